The van der Waals surface area contributed by atoms with E-state index in [0.717, 1.165) is 43.0 Å². The van der Waals surface area contributed by atoms with E-state index in [1.54, 1.807) is 18.9 Å². The van der Waals surface area contributed by atoms with Crippen LogP contribution in [0, 0.1) is 0 Å². The molecule has 1 N–H and O–H groups in total. The van der Waals surface area contributed by atoms with E-state index in [0.29, 0.717) is 12.3 Å². The Labute approximate surface area is 170 Å². The van der Waals surface area contributed by atoms with Gasteiger partial charge in [-0.1, -0.05) is 18.2 Å². The summed E-state index contributed by atoms with van der Waals surface area (Å²) < 4.78 is 5.38. The highest BCUT2D eigenvalue weighted by Gasteiger charge is 2.25. The number of nitrogens with one attached hydrogen (secondary N) is 1. The third kappa shape index (κ3) is 4.20. The second kappa shape index (κ2) is 8.74. The summed E-state index contributed by atoms with van der Waals surface area (Å²) in [4.78, 5) is 19.2. The number of aromatic amines is 1. The molecule has 2 aromatic carbocycles. The van der Waals surface area contributed by atoms with Crippen molar-refractivity contribution in [1.82, 2.24) is 9.88 Å². The zero-order valence-electron chi connectivity index (χ0n) is 16.2. The minimum atomic E-state index is 0.280. The van der Waals surface area contributed by atoms with Crippen LogP contribution in [0.1, 0.15) is 30.7 Å². The molecule has 2 heterocycles. The molecule has 1 amide bonds. The molecular formula is C23H26N2O2S. The molecule has 1 aromatic heterocycles. The van der Waals surface area contributed by atoms with Crippen molar-refractivity contribution in [2.45, 2.75) is 30.1 Å². The van der Waals surface area contributed by atoms with E-state index in [2.05, 4.69) is 35.4 Å². The molecule has 0 spiro atoms. The molecule has 4 nitrogen and oxygen atoms in total. The monoisotopic (exact) mass is 394 g/mol. The van der Waals surface area contributed by atoms with E-state index in [9.17, 15) is 4.79 Å². The minimum absolute atomic E-state index is 0.280. The van der Waals surface area contributed by atoms with Gasteiger partial charge in [0, 0.05) is 47.3 Å². The fourth-order valence-electron chi connectivity index (χ4n) is 3.96. The molecule has 0 bridgehead atoms. The maximum atomic E-state index is 12.6. The van der Waals surface area contributed by atoms with Gasteiger partial charge in [-0.2, -0.15) is 0 Å². The number of aromatic nitrogens is 1. The van der Waals surface area contributed by atoms with Crippen molar-refractivity contribution in [3.8, 4) is 5.75 Å². The van der Waals surface area contributed by atoms with E-state index in [1.807, 2.05) is 29.2 Å². The third-order valence-corrected chi connectivity index (χ3v) is 6.55. The van der Waals surface area contributed by atoms with E-state index in [4.69, 9.17) is 4.74 Å². The third-order valence-electron chi connectivity index (χ3n) is 5.54. The Bertz CT molecular complexity index is 930. The van der Waals surface area contributed by atoms with E-state index in [1.165, 1.54) is 15.8 Å². The number of piperidine rings is 1. The van der Waals surface area contributed by atoms with Crippen LogP contribution < -0.4 is 4.74 Å². The number of likely N-dealkylation sites (tertiary alicyclic amines) is 1. The van der Waals surface area contributed by atoms with Gasteiger partial charge in [0.15, 0.2) is 0 Å². The van der Waals surface area contributed by atoms with Gasteiger partial charge in [0.25, 0.3) is 0 Å². The molecule has 0 radical (unpaired) electrons. The quantitative estimate of drug-likeness (QED) is 0.594. The lowest BCUT2D eigenvalue weighted by molar-refractivity contribution is -0.131. The number of nitrogens with zero attached hydrogens (tertiary/aromatic N) is 1. The van der Waals surface area contributed by atoms with Gasteiger partial charge < -0.3 is 14.6 Å². The molecule has 0 aliphatic carbocycles. The summed E-state index contributed by atoms with van der Waals surface area (Å²) in [5, 5.41) is 1.24. The Morgan fingerprint density at radius 2 is 1.96 bits per heavy atom. The maximum absolute atomic E-state index is 12.6. The zero-order valence-corrected chi connectivity index (χ0v) is 17.0. The van der Waals surface area contributed by atoms with Crippen LogP contribution >= 0.6 is 11.8 Å². The normalized spacial score (nSPS) is 15.1. The van der Waals surface area contributed by atoms with Crippen LogP contribution in [0.2, 0.25) is 0 Å². The Morgan fingerprint density at radius 1 is 1.18 bits per heavy atom. The highest BCUT2D eigenvalue weighted by atomic mass is 32.2. The Balaban J connectivity index is 1.31. The SMILES string of the molecule is COc1ccc2[nH]cc(C3CCN(C(=O)CCSc4ccccc4)CC3)c2c1. The minimum Gasteiger partial charge on any atom is -0.497 e. The van der Waals surface area contributed by atoms with Crippen LogP contribution in [0.3, 0.4) is 0 Å². The molecule has 5 heteroatoms. The Hall–Kier alpha value is -2.40. The Morgan fingerprint density at radius 3 is 2.71 bits per heavy atom. The molecule has 0 saturated carbocycles. The number of benzene rings is 2. The first-order chi connectivity index (χ1) is 13.7. The Kier molecular flexibility index (Phi) is 5.91. The molecule has 146 valence electrons. The number of fused-ring (bicyclic) bond motifs is 1. The molecule has 1 aliphatic heterocycles. The first-order valence-electron chi connectivity index (χ1n) is 9.85. The molecule has 4 rings (SSSR count). The topological polar surface area (TPSA) is 45.3 Å². The number of hydrogen-bond donors (Lipinski definition) is 1. The predicted octanol–water partition coefficient (Wildman–Crippen LogP) is 5.06. The number of amides is 1. The van der Waals surface area contributed by atoms with Gasteiger partial charge in [0.2, 0.25) is 5.91 Å². The van der Waals surface area contributed by atoms with Crippen molar-refractivity contribution in [3.05, 3.63) is 60.3 Å². The van der Waals surface area contributed by atoms with Crippen molar-refractivity contribution in [1.29, 1.82) is 0 Å². The second-order valence-electron chi connectivity index (χ2n) is 7.22. The first-order valence-corrected chi connectivity index (χ1v) is 10.8. The molecule has 0 unspecified atom stereocenters. The number of ether oxygens (including phenoxy) is 1. The van der Waals surface area contributed by atoms with Gasteiger partial charge >= 0.3 is 0 Å². The largest absolute Gasteiger partial charge is 0.497 e. The fraction of sp³-hybridized carbons (Fsp3) is 0.348. The molecule has 1 aliphatic rings. The summed E-state index contributed by atoms with van der Waals surface area (Å²) in [5.74, 6) is 2.49. The summed E-state index contributed by atoms with van der Waals surface area (Å²) in [7, 11) is 1.70. The number of H-pyrrole nitrogens is 1. The number of methoxy groups -OCH3 is 1. The van der Waals surface area contributed by atoms with Crippen LogP contribution in [0.4, 0.5) is 0 Å². The van der Waals surface area contributed by atoms with Gasteiger partial charge in [-0.25, -0.2) is 0 Å². The van der Waals surface area contributed by atoms with Gasteiger partial charge in [-0.3, -0.25) is 4.79 Å². The standard InChI is InChI=1S/C23H26N2O2S/c1-27-18-7-8-22-20(15-18)21(16-24-22)17-9-12-25(13-10-17)23(26)11-14-28-19-5-3-2-4-6-19/h2-8,15-17,24H,9-14H2,1H3. The first kappa shape index (κ1) is 18.9. The molecule has 3 aromatic rings. The number of carbonyl (C=O) groups excluding carboxylic acids is 1. The van der Waals surface area contributed by atoms with Crippen molar-refractivity contribution < 1.29 is 9.53 Å². The van der Waals surface area contributed by atoms with Crippen LogP contribution in [-0.4, -0.2) is 41.7 Å². The summed E-state index contributed by atoms with van der Waals surface area (Å²) >= 11 is 1.75. The van der Waals surface area contributed by atoms with Crippen LogP contribution in [0.15, 0.2) is 59.6 Å². The molecule has 1 fully saturated rings. The summed E-state index contributed by atoms with van der Waals surface area (Å²) in [5.41, 5.74) is 2.49. The van der Waals surface area contributed by atoms with E-state index in [-0.39, 0.29) is 5.91 Å². The number of carbonyl (C=O) groups is 1. The highest BCUT2D eigenvalue weighted by Crippen LogP contribution is 2.34. The molecule has 28 heavy (non-hydrogen) atoms. The van der Waals surface area contributed by atoms with Gasteiger partial charge in [0.05, 0.1) is 7.11 Å². The van der Waals surface area contributed by atoms with Gasteiger partial charge in [0.1, 0.15) is 5.75 Å². The lowest BCUT2D eigenvalue weighted by atomic mass is 9.89. The fourth-order valence-corrected chi connectivity index (χ4v) is 4.82. The average Bonchev–Trinajstić information content (AvgIpc) is 3.17. The van der Waals surface area contributed by atoms with Crippen molar-refractivity contribution >= 4 is 28.6 Å². The van der Waals surface area contributed by atoms with Crippen LogP contribution in [0.5, 0.6) is 5.75 Å². The van der Waals surface area contributed by atoms with Gasteiger partial charge in [-0.15, -0.1) is 11.8 Å². The molecular weight excluding hydrogens is 368 g/mol. The summed E-state index contributed by atoms with van der Waals surface area (Å²) in [6.07, 6.45) is 4.76. The summed E-state index contributed by atoms with van der Waals surface area (Å²) in [6, 6.07) is 16.4. The second-order valence-corrected chi connectivity index (χ2v) is 8.39. The van der Waals surface area contributed by atoms with Crippen molar-refractivity contribution in [3.63, 3.8) is 0 Å². The number of thioether (sulfide) groups is 1. The number of rotatable bonds is 6. The van der Waals surface area contributed by atoms with Crippen molar-refractivity contribution in [2.24, 2.45) is 0 Å². The summed E-state index contributed by atoms with van der Waals surface area (Å²) in [6.45, 7) is 1.69. The highest BCUT2D eigenvalue weighted by molar-refractivity contribution is 7.99. The predicted molar refractivity (Wildman–Crippen MR) is 115 cm³/mol. The van der Waals surface area contributed by atoms with Crippen molar-refractivity contribution in [2.75, 3.05) is 26.0 Å². The van der Waals surface area contributed by atoms with E-state index >= 15 is 0 Å². The molecule has 1 saturated heterocycles. The molecule has 0 atom stereocenters. The lowest BCUT2D eigenvalue weighted by Crippen LogP contribution is -2.38. The zero-order chi connectivity index (χ0) is 19.3. The maximum Gasteiger partial charge on any atom is 0.223 e. The lowest BCUT2D eigenvalue weighted by Gasteiger charge is -2.32. The van der Waals surface area contributed by atoms with E-state index < -0.39 is 0 Å². The van der Waals surface area contributed by atoms with Crippen LogP contribution in [-0.2, 0) is 4.79 Å². The van der Waals surface area contributed by atoms with Gasteiger partial charge in [-0.05, 0) is 54.7 Å². The smallest absolute Gasteiger partial charge is 0.223 e. The average molecular weight is 395 g/mol. The number of hydrogen-bond acceptors (Lipinski definition) is 3. The van der Waals surface area contributed by atoms with Crippen LogP contribution in [0.25, 0.3) is 10.9 Å².